The molecule has 0 aliphatic carbocycles. The van der Waals surface area contributed by atoms with Crippen LogP contribution in [0.4, 0.5) is 4.39 Å². The number of rotatable bonds is 8. The molecule has 4 rings (SSSR count). The molecule has 0 saturated heterocycles. The topological polar surface area (TPSA) is 64.7 Å². The van der Waals surface area contributed by atoms with E-state index < -0.39 is 17.4 Å². The average Bonchev–Trinajstić information content (AvgIpc) is 3.23. The highest BCUT2D eigenvalue weighted by Gasteiger charge is 2.42. The van der Waals surface area contributed by atoms with Crippen LogP contribution in [0.3, 0.4) is 0 Å². The predicted octanol–water partition coefficient (Wildman–Crippen LogP) is 4.60. The summed E-state index contributed by atoms with van der Waals surface area (Å²) >= 11 is 0. The van der Waals surface area contributed by atoms with Crippen molar-refractivity contribution in [2.75, 3.05) is 0 Å². The van der Waals surface area contributed by atoms with Crippen LogP contribution in [0.1, 0.15) is 22.6 Å². The largest absolute Gasteiger partial charge is 0.489 e. The van der Waals surface area contributed by atoms with Crippen LogP contribution in [-0.2, 0) is 17.8 Å². The number of hydrogen-bond acceptors (Lipinski definition) is 3. The molecule has 1 heterocycles. The van der Waals surface area contributed by atoms with Gasteiger partial charge < -0.3 is 10.5 Å². The van der Waals surface area contributed by atoms with Crippen LogP contribution in [0, 0.1) is 5.82 Å². The van der Waals surface area contributed by atoms with Crippen LogP contribution in [0.5, 0.6) is 5.75 Å². The Kier molecular flexibility index (Phi) is 5.94. The SMILES string of the molecule is NC(=O)C(c1ccccc1)C1(Cc2ccc(OCc3cccc(F)c3)cc2)C=CC=N1. The molecule has 0 saturated carbocycles. The number of halogens is 1. The minimum Gasteiger partial charge on any atom is -0.489 e. The predicted molar refractivity (Wildman–Crippen MR) is 120 cm³/mol. The van der Waals surface area contributed by atoms with Crippen molar-refractivity contribution >= 4 is 12.1 Å². The lowest BCUT2D eigenvalue weighted by molar-refractivity contribution is -0.120. The first-order valence-electron chi connectivity index (χ1n) is 10.1. The number of carbonyl (C=O) groups excluding carboxylic acids is 1. The molecule has 5 heteroatoms. The maximum absolute atomic E-state index is 13.3. The average molecular weight is 414 g/mol. The van der Waals surface area contributed by atoms with E-state index in [1.165, 1.54) is 12.1 Å². The van der Waals surface area contributed by atoms with Gasteiger partial charge in [0.05, 0.1) is 11.5 Å². The molecular weight excluding hydrogens is 391 g/mol. The molecule has 0 fully saturated rings. The Balaban J connectivity index is 1.51. The third-order valence-electron chi connectivity index (χ3n) is 5.41. The minimum atomic E-state index is -0.767. The summed E-state index contributed by atoms with van der Waals surface area (Å²) in [6.07, 6.45) is 6.04. The molecule has 0 bridgehead atoms. The number of carbonyl (C=O) groups is 1. The number of allylic oxidation sites excluding steroid dienone is 1. The Labute approximate surface area is 180 Å². The standard InChI is InChI=1S/C26H23FN2O2/c27-22-9-4-6-20(16-22)18-31-23-12-10-19(11-13-23)17-26(14-5-15-29-26)24(25(28)30)21-7-2-1-3-8-21/h1-16,24H,17-18H2,(H2,28,30). The fraction of sp³-hybridized carbons (Fsp3) is 0.154. The Hall–Kier alpha value is -3.73. The molecule has 1 amide bonds. The number of aliphatic imine (C=N–C) groups is 1. The van der Waals surface area contributed by atoms with Crippen molar-refractivity contribution in [1.29, 1.82) is 0 Å². The van der Waals surface area contributed by atoms with Crippen molar-refractivity contribution in [3.05, 3.63) is 114 Å². The first kappa shape index (κ1) is 20.5. The lowest BCUT2D eigenvalue weighted by Gasteiger charge is -2.32. The van der Waals surface area contributed by atoms with Crippen molar-refractivity contribution in [3.8, 4) is 5.75 Å². The maximum Gasteiger partial charge on any atom is 0.227 e. The molecule has 4 nitrogen and oxygen atoms in total. The van der Waals surface area contributed by atoms with Gasteiger partial charge in [-0.3, -0.25) is 9.79 Å². The van der Waals surface area contributed by atoms with E-state index in [9.17, 15) is 9.18 Å². The van der Waals surface area contributed by atoms with Gasteiger partial charge in [-0.2, -0.15) is 0 Å². The first-order chi connectivity index (χ1) is 15.1. The highest BCUT2D eigenvalue weighted by Crippen LogP contribution is 2.38. The summed E-state index contributed by atoms with van der Waals surface area (Å²) in [5.74, 6) is -0.589. The van der Waals surface area contributed by atoms with E-state index >= 15 is 0 Å². The molecule has 3 aromatic rings. The zero-order valence-electron chi connectivity index (χ0n) is 16.9. The molecule has 2 unspecified atom stereocenters. The van der Waals surface area contributed by atoms with E-state index in [-0.39, 0.29) is 12.4 Å². The van der Waals surface area contributed by atoms with Gasteiger partial charge in [-0.25, -0.2) is 4.39 Å². The molecule has 2 N–H and O–H groups in total. The van der Waals surface area contributed by atoms with Gasteiger partial charge in [0.15, 0.2) is 0 Å². The van der Waals surface area contributed by atoms with Gasteiger partial charge in [0.25, 0.3) is 0 Å². The lowest BCUT2D eigenvalue weighted by Crippen LogP contribution is -2.41. The molecule has 156 valence electrons. The van der Waals surface area contributed by atoms with Gasteiger partial charge in [0.2, 0.25) is 5.91 Å². The van der Waals surface area contributed by atoms with E-state index in [1.807, 2.05) is 72.8 Å². The summed E-state index contributed by atoms with van der Waals surface area (Å²) in [6, 6.07) is 23.5. The molecule has 1 aliphatic heterocycles. The Morgan fingerprint density at radius 2 is 1.77 bits per heavy atom. The number of hydrogen-bond donors (Lipinski definition) is 1. The van der Waals surface area contributed by atoms with Gasteiger partial charge in [-0.05, 0) is 47.0 Å². The minimum absolute atomic E-state index is 0.283. The molecule has 0 aromatic heterocycles. The van der Waals surface area contributed by atoms with E-state index in [2.05, 4.69) is 4.99 Å². The molecule has 2 atom stereocenters. The zero-order valence-corrected chi connectivity index (χ0v) is 16.9. The van der Waals surface area contributed by atoms with Crippen LogP contribution in [0.15, 0.2) is 96.0 Å². The summed E-state index contributed by atoms with van der Waals surface area (Å²) in [6.45, 7) is 0.284. The normalized spacial score (nSPS) is 18.1. The van der Waals surface area contributed by atoms with Gasteiger partial charge in [0, 0.05) is 12.6 Å². The van der Waals surface area contributed by atoms with Gasteiger partial charge in [-0.1, -0.05) is 60.7 Å². The molecule has 0 radical (unpaired) electrons. The molecule has 3 aromatic carbocycles. The van der Waals surface area contributed by atoms with E-state index in [1.54, 1.807) is 12.3 Å². The number of ether oxygens (including phenoxy) is 1. The second kappa shape index (κ2) is 8.96. The molecule has 31 heavy (non-hydrogen) atoms. The first-order valence-corrected chi connectivity index (χ1v) is 10.1. The van der Waals surface area contributed by atoms with Crippen molar-refractivity contribution in [2.45, 2.75) is 24.5 Å². The highest BCUT2D eigenvalue weighted by molar-refractivity contribution is 5.87. The Morgan fingerprint density at radius 1 is 1.00 bits per heavy atom. The maximum atomic E-state index is 13.3. The van der Waals surface area contributed by atoms with Gasteiger partial charge in [-0.15, -0.1) is 0 Å². The van der Waals surface area contributed by atoms with Gasteiger partial charge >= 0.3 is 0 Å². The number of primary amides is 1. The van der Waals surface area contributed by atoms with E-state index in [0.717, 1.165) is 16.7 Å². The second-order valence-electron chi connectivity index (χ2n) is 7.61. The zero-order chi connectivity index (χ0) is 21.7. The molecule has 0 spiro atoms. The molecular formula is C26H23FN2O2. The second-order valence-corrected chi connectivity index (χ2v) is 7.61. The number of benzene rings is 3. The summed E-state index contributed by atoms with van der Waals surface area (Å²) in [5.41, 5.74) is 7.67. The van der Waals surface area contributed by atoms with Crippen molar-refractivity contribution < 1.29 is 13.9 Å². The van der Waals surface area contributed by atoms with Crippen LogP contribution in [0.25, 0.3) is 0 Å². The fourth-order valence-electron chi connectivity index (χ4n) is 3.98. The number of nitrogens with zero attached hydrogens (tertiary/aromatic N) is 1. The fourth-order valence-corrected chi connectivity index (χ4v) is 3.98. The molecule has 1 aliphatic rings. The van der Waals surface area contributed by atoms with Gasteiger partial charge in [0.1, 0.15) is 18.2 Å². The quantitative estimate of drug-likeness (QED) is 0.586. The summed E-state index contributed by atoms with van der Waals surface area (Å²) in [7, 11) is 0. The smallest absolute Gasteiger partial charge is 0.227 e. The summed E-state index contributed by atoms with van der Waals surface area (Å²) in [5, 5.41) is 0. The monoisotopic (exact) mass is 414 g/mol. The van der Waals surface area contributed by atoms with Crippen LogP contribution in [0.2, 0.25) is 0 Å². The summed E-state index contributed by atoms with van der Waals surface area (Å²) in [4.78, 5) is 17.1. The van der Waals surface area contributed by atoms with E-state index in [4.69, 9.17) is 10.5 Å². The Bertz CT molecular complexity index is 1100. The van der Waals surface area contributed by atoms with E-state index in [0.29, 0.717) is 12.2 Å². The third-order valence-corrected chi connectivity index (χ3v) is 5.41. The summed E-state index contributed by atoms with van der Waals surface area (Å²) < 4.78 is 19.1. The van der Waals surface area contributed by atoms with Crippen molar-refractivity contribution in [1.82, 2.24) is 0 Å². The van der Waals surface area contributed by atoms with Crippen LogP contribution < -0.4 is 10.5 Å². The van der Waals surface area contributed by atoms with Crippen molar-refractivity contribution in [2.24, 2.45) is 10.7 Å². The van der Waals surface area contributed by atoms with Crippen LogP contribution in [-0.4, -0.2) is 17.7 Å². The Morgan fingerprint density at radius 3 is 2.42 bits per heavy atom. The number of amides is 1. The van der Waals surface area contributed by atoms with Crippen molar-refractivity contribution in [3.63, 3.8) is 0 Å². The van der Waals surface area contributed by atoms with Crippen LogP contribution >= 0.6 is 0 Å². The highest BCUT2D eigenvalue weighted by atomic mass is 19.1. The number of nitrogens with two attached hydrogens (primary N) is 1. The lowest BCUT2D eigenvalue weighted by atomic mass is 9.75. The third kappa shape index (κ3) is 4.72.